The number of nitrogens with zero attached hydrogens (tertiary/aromatic N) is 1. The summed E-state index contributed by atoms with van der Waals surface area (Å²) in [5.74, 6) is -0.241. The van der Waals surface area contributed by atoms with Gasteiger partial charge in [0, 0.05) is 41.8 Å². The lowest BCUT2D eigenvalue weighted by atomic mass is 9.99. The number of aromatic amines is 1. The van der Waals surface area contributed by atoms with Crippen molar-refractivity contribution in [1.82, 2.24) is 15.2 Å². The second-order valence-corrected chi connectivity index (χ2v) is 5.92. The number of carbonyl (C=O) groups is 1. The Morgan fingerprint density at radius 3 is 2.91 bits per heavy atom. The topological polar surface area (TPSA) is 48.1 Å². The molecule has 1 aliphatic heterocycles. The van der Waals surface area contributed by atoms with Crippen LogP contribution in [0.1, 0.15) is 25.8 Å². The number of halogens is 1. The average molecular weight is 301 g/mol. The van der Waals surface area contributed by atoms with Crippen molar-refractivity contribution >= 4 is 22.5 Å². The Labute approximate surface area is 129 Å². The van der Waals surface area contributed by atoms with E-state index in [4.69, 9.17) is 0 Å². The third kappa shape index (κ3) is 2.84. The summed E-state index contributed by atoms with van der Waals surface area (Å²) in [6.45, 7) is 5.20. The molecule has 0 fully saturated rings. The second-order valence-electron chi connectivity index (χ2n) is 5.92. The van der Waals surface area contributed by atoms with Crippen molar-refractivity contribution in [2.75, 3.05) is 13.1 Å². The van der Waals surface area contributed by atoms with Gasteiger partial charge in [0.1, 0.15) is 5.82 Å². The van der Waals surface area contributed by atoms with Gasteiger partial charge in [-0.05, 0) is 44.0 Å². The van der Waals surface area contributed by atoms with E-state index >= 15 is 0 Å². The molecule has 116 valence electrons. The van der Waals surface area contributed by atoms with E-state index in [-0.39, 0.29) is 17.9 Å². The first-order valence-electron chi connectivity index (χ1n) is 7.56. The van der Waals surface area contributed by atoms with E-state index in [9.17, 15) is 9.18 Å². The minimum atomic E-state index is -0.241. The first-order chi connectivity index (χ1) is 10.5. The molecule has 22 heavy (non-hydrogen) atoms. The van der Waals surface area contributed by atoms with Gasteiger partial charge in [0.05, 0.1) is 0 Å². The number of nitrogens with one attached hydrogen (secondary N) is 2. The SMILES string of the molecule is CC(C)NC(=O)N1CC=C(c2c[nH]c3cc(F)ccc23)CC1. The summed E-state index contributed by atoms with van der Waals surface area (Å²) < 4.78 is 13.2. The molecule has 2 amide bonds. The van der Waals surface area contributed by atoms with Gasteiger partial charge in [0.25, 0.3) is 0 Å². The molecule has 0 spiro atoms. The maximum absolute atomic E-state index is 13.2. The van der Waals surface area contributed by atoms with Gasteiger partial charge in [0.15, 0.2) is 0 Å². The third-order valence-corrected chi connectivity index (χ3v) is 3.90. The van der Waals surface area contributed by atoms with E-state index in [2.05, 4.69) is 16.4 Å². The fourth-order valence-corrected chi connectivity index (χ4v) is 2.80. The lowest BCUT2D eigenvalue weighted by molar-refractivity contribution is 0.200. The van der Waals surface area contributed by atoms with Crippen LogP contribution in [0.4, 0.5) is 9.18 Å². The van der Waals surface area contributed by atoms with Gasteiger partial charge in [-0.25, -0.2) is 9.18 Å². The molecule has 0 bridgehead atoms. The molecular weight excluding hydrogens is 281 g/mol. The van der Waals surface area contributed by atoms with Gasteiger partial charge in [-0.1, -0.05) is 6.08 Å². The van der Waals surface area contributed by atoms with E-state index in [1.54, 1.807) is 11.0 Å². The number of fused-ring (bicyclic) bond motifs is 1. The molecule has 0 aliphatic carbocycles. The van der Waals surface area contributed by atoms with Crippen LogP contribution in [0.25, 0.3) is 16.5 Å². The molecule has 2 heterocycles. The number of aromatic nitrogens is 1. The van der Waals surface area contributed by atoms with Crippen LogP contribution in [-0.4, -0.2) is 35.0 Å². The number of hydrogen-bond donors (Lipinski definition) is 2. The van der Waals surface area contributed by atoms with Crippen molar-refractivity contribution in [1.29, 1.82) is 0 Å². The van der Waals surface area contributed by atoms with Crippen LogP contribution in [-0.2, 0) is 0 Å². The first kappa shape index (κ1) is 14.6. The zero-order valence-corrected chi connectivity index (χ0v) is 12.8. The molecule has 1 aliphatic rings. The van der Waals surface area contributed by atoms with Crippen molar-refractivity contribution in [2.24, 2.45) is 0 Å². The predicted octanol–water partition coefficient (Wildman–Crippen LogP) is 3.51. The summed E-state index contributed by atoms with van der Waals surface area (Å²) in [5.41, 5.74) is 3.10. The van der Waals surface area contributed by atoms with Crippen LogP contribution in [0.3, 0.4) is 0 Å². The Kier molecular flexibility index (Phi) is 3.88. The normalized spacial score (nSPS) is 15.3. The third-order valence-electron chi connectivity index (χ3n) is 3.90. The van der Waals surface area contributed by atoms with E-state index in [0.29, 0.717) is 13.1 Å². The molecule has 2 aromatic rings. The fourth-order valence-electron chi connectivity index (χ4n) is 2.80. The molecule has 1 aromatic carbocycles. The van der Waals surface area contributed by atoms with Gasteiger partial charge >= 0.3 is 6.03 Å². The van der Waals surface area contributed by atoms with Crippen LogP contribution in [0.2, 0.25) is 0 Å². The Morgan fingerprint density at radius 1 is 1.41 bits per heavy atom. The van der Waals surface area contributed by atoms with Crippen LogP contribution in [0, 0.1) is 5.82 Å². The highest BCUT2D eigenvalue weighted by Gasteiger charge is 2.19. The molecule has 0 unspecified atom stereocenters. The zero-order valence-electron chi connectivity index (χ0n) is 12.8. The molecule has 3 rings (SSSR count). The summed E-state index contributed by atoms with van der Waals surface area (Å²) in [6.07, 6.45) is 4.80. The number of H-pyrrole nitrogens is 1. The summed E-state index contributed by atoms with van der Waals surface area (Å²) in [7, 11) is 0. The maximum Gasteiger partial charge on any atom is 0.317 e. The highest BCUT2D eigenvalue weighted by Crippen LogP contribution is 2.29. The van der Waals surface area contributed by atoms with Gasteiger partial charge < -0.3 is 15.2 Å². The zero-order chi connectivity index (χ0) is 15.7. The van der Waals surface area contributed by atoms with Crippen molar-refractivity contribution in [3.8, 4) is 0 Å². The highest BCUT2D eigenvalue weighted by atomic mass is 19.1. The lowest BCUT2D eigenvalue weighted by Crippen LogP contribution is -2.44. The highest BCUT2D eigenvalue weighted by molar-refractivity contribution is 5.93. The van der Waals surface area contributed by atoms with Crippen molar-refractivity contribution in [3.63, 3.8) is 0 Å². The molecule has 0 radical (unpaired) electrons. The molecule has 5 heteroatoms. The number of amides is 2. The number of urea groups is 1. The molecular formula is C17H20FN3O. The molecule has 0 saturated carbocycles. The number of hydrogen-bond acceptors (Lipinski definition) is 1. The van der Waals surface area contributed by atoms with Crippen LogP contribution in [0.5, 0.6) is 0 Å². The standard InChI is InChI=1S/C17H20FN3O/c1-11(2)20-17(22)21-7-5-12(6-8-21)15-10-19-16-9-13(18)3-4-14(15)16/h3-5,9-11,19H,6-8H2,1-2H3,(H,20,22). The fraction of sp³-hybridized carbons (Fsp3) is 0.353. The average Bonchev–Trinajstić information content (AvgIpc) is 2.89. The summed E-state index contributed by atoms with van der Waals surface area (Å²) in [4.78, 5) is 16.9. The van der Waals surface area contributed by atoms with Crippen molar-refractivity contribution in [2.45, 2.75) is 26.3 Å². The maximum atomic E-state index is 13.2. The second kappa shape index (κ2) is 5.83. The smallest absolute Gasteiger partial charge is 0.317 e. The Morgan fingerprint density at radius 2 is 2.23 bits per heavy atom. The Hall–Kier alpha value is -2.30. The number of benzene rings is 1. The van der Waals surface area contributed by atoms with Crippen molar-refractivity contribution in [3.05, 3.63) is 41.9 Å². The van der Waals surface area contributed by atoms with Gasteiger partial charge in [0.2, 0.25) is 0 Å². The van der Waals surface area contributed by atoms with Gasteiger partial charge in [-0.2, -0.15) is 0 Å². The van der Waals surface area contributed by atoms with E-state index in [0.717, 1.165) is 22.9 Å². The quantitative estimate of drug-likeness (QED) is 0.876. The lowest BCUT2D eigenvalue weighted by Gasteiger charge is -2.27. The minimum Gasteiger partial charge on any atom is -0.360 e. The Bertz CT molecular complexity index is 733. The van der Waals surface area contributed by atoms with Gasteiger partial charge in [-0.15, -0.1) is 0 Å². The summed E-state index contributed by atoms with van der Waals surface area (Å²) in [5, 5.41) is 3.93. The molecule has 0 atom stereocenters. The monoisotopic (exact) mass is 301 g/mol. The predicted molar refractivity (Wildman–Crippen MR) is 86.1 cm³/mol. The van der Waals surface area contributed by atoms with Crippen molar-refractivity contribution < 1.29 is 9.18 Å². The van der Waals surface area contributed by atoms with E-state index < -0.39 is 0 Å². The first-order valence-corrected chi connectivity index (χ1v) is 7.56. The van der Waals surface area contributed by atoms with Crippen LogP contribution < -0.4 is 5.32 Å². The summed E-state index contributed by atoms with van der Waals surface area (Å²) in [6, 6.07) is 4.90. The van der Waals surface area contributed by atoms with Crippen LogP contribution in [0.15, 0.2) is 30.5 Å². The number of rotatable bonds is 2. The summed E-state index contributed by atoms with van der Waals surface area (Å²) >= 11 is 0. The Balaban J connectivity index is 1.79. The van der Waals surface area contributed by atoms with Crippen LogP contribution >= 0.6 is 0 Å². The van der Waals surface area contributed by atoms with Gasteiger partial charge in [-0.3, -0.25) is 0 Å². The minimum absolute atomic E-state index is 0.0219. The van der Waals surface area contributed by atoms with E-state index in [1.165, 1.54) is 17.7 Å². The molecule has 0 saturated heterocycles. The largest absolute Gasteiger partial charge is 0.360 e. The molecule has 1 aromatic heterocycles. The number of carbonyl (C=O) groups excluding carboxylic acids is 1. The molecule has 4 nitrogen and oxygen atoms in total. The molecule has 2 N–H and O–H groups in total. The van der Waals surface area contributed by atoms with E-state index in [1.807, 2.05) is 20.0 Å².